The number of halogens is 1. The van der Waals surface area contributed by atoms with Crippen LogP contribution in [0.4, 0.5) is 5.69 Å². The van der Waals surface area contributed by atoms with E-state index in [4.69, 9.17) is 11.6 Å². The number of sulfonamides is 1. The van der Waals surface area contributed by atoms with Gasteiger partial charge in [0.15, 0.2) is 0 Å². The average Bonchev–Trinajstić information content (AvgIpc) is 2.88. The Morgan fingerprint density at radius 3 is 1.81 bits per heavy atom. The van der Waals surface area contributed by atoms with Gasteiger partial charge in [-0.15, -0.1) is 0 Å². The molecule has 0 aliphatic rings. The second-order valence-corrected chi connectivity index (χ2v) is 11.3. The lowest BCUT2D eigenvalue weighted by molar-refractivity contribution is -0.130. The maximum absolute atomic E-state index is 13.9. The average molecular weight is 533 g/mol. The van der Waals surface area contributed by atoms with E-state index in [0.717, 1.165) is 16.7 Å². The molecule has 0 unspecified atom stereocenters. The minimum atomic E-state index is -4.04. The largest absolute Gasteiger partial charge is 0.332 e. The molecule has 37 heavy (non-hydrogen) atoms. The zero-order chi connectivity index (χ0) is 26.4. The maximum Gasteiger partial charge on any atom is 0.264 e. The van der Waals surface area contributed by atoms with E-state index in [0.29, 0.717) is 29.4 Å². The van der Waals surface area contributed by atoms with Crippen molar-refractivity contribution >= 4 is 33.2 Å². The van der Waals surface area contributed by atoms with Gasteiger partial charge in [0.05, 0.1) is 10.6 Å². The molecule has 0 atom stereocenters. The Hall–Kier alpha value is -3.61. The standard InChI is InChI=1S/C30H29ClN2O3S/c1-23-13-16-28(17-14-23)37(35,36)33(29-18-15-27(31)19-24(29)2)22-30(34)32(20-25-9-5-3-6-10-25)21-26-11-7-4-8-12-26/h3-19H,20-22H2,1-2H3. The lowest BCUT2D eigenvalue weighted by Gasteiger charge is -2.30. The number of anilines is 1. The number of carbonyl (C=O) groups is 1. The van der Waals surface area contributed by atoms with Gasteiger partial charge in [-0.3, -0.25) is 9.10 Å². The fourth-order valence-electron chi connectivity index (χ4n) is 4.10. The van der Waals surface area contributed by atoms with Crippen LogP contribution in [0.1, 0.15) is 22.3 Å². The third kappa shape index (κ3) is 6.59. The second-order valence-electron chi connectivity index (χ2n) is 8.98. The second kappa shape index (κ2) is 11.6. The van der Waals surface area contributed by atoms with Crippen LogP contribution in [-0.4, -0.2) is 25.8 Å². The Balaban J connectivity index is 1.72. The van der Waals surface area contributed by atoms with Crippen LogP contribution in [0, 0.1) is 13.8 Å². The summed E-state index contributed by atoms with van der Waals surface area (Å²) in [6, 6.07) is 31.0. The smallest absolute Gasteiger partial charge is 0.264 e. The highest BCUT2D eigenvalue weighted by atomic mass is 35.5. The Morgan fingerprint density at radius 1 is 0.757 bits per heavy atom. The summed E-state index contributed by atoms with van der Waals surface area (Å²) in [5.74, 6) is -0.308. The monoisotopic (exact) mass is 532 g/mol. The van der Waals surface area contributed by atoms with Crippen molar-refractivity contribution in [2.75, 3.05) is 10.8 Å². The molecular formula is C30H29ClN2O3S. The molecule has 0 N–H and O–H groups in total. The van der Waals surface area contributed by atoms with Crippen LogP contribution < -0.4 is 4.31 Å². The zero-order valence-corrected chi connectivity index (χ0v) is 22.4. The van der Waals surface area contributed by atoms with Gasteiger partial charge in [-0.1, -0.05) is 90.0 Å². The van der Waals surface area contributed by atoms with E-state index in [-0.39, 0.29) is 17.3 Å². The Labute approximate surface area is 224 Å². The molecular weight excluding hydrogens is 504 g/mol. The predicted octanol–water partition coefficient (Wildman–Crippen LogP) is 6.38. The predicted molar refractivity (Wildman–Crippen MR) is 149 cm³/mol. The van der Waals surface area contributed by atoms with Gasteiger partial charge in [-0.2, -0.15) is 0 Å². The molecule has 0 spiro atoms. The number of benzene rings is 4. The van der Waals surface area contributed by atoms with Crippen molar-refractivity contribution in [3.8, 4) is 0 Å². The van der Waals surface area contributed by atoms with Gasteiger partial charge in [0.25, 0.3) is 10.0 Å². The van der Waals surface area contributed by atoms with Crippen LogP contribution >= 0.6 is 11.6 Å². The lowest BCUT2D eigenvalue weighted by Crippen LogP contribution is -2.43. The number of amides is 1. The molecule has 1 amide bonds. The normalized spacial score (nSPS) is 11.2. The van der Waals surface area contributed by atoms with Crippen LogP contribution in [0.25, 0.3) is 0 Å². The number of aryl methyl sites for hydroxylation is 2. The fraction of sp³-hybridized carbons (Fsp3) is 0.167. The number of rotatable bonds is 9. The summed E-state index contributed by atoms with van der Waals surface area (Å²) in [4.78, 5) is 15.7. The first-order valence-electron chi connectivity index (χ1n) is 12.0. The number of carbonyl (C=O) groups excluding carboxylic acids is 1. The molecule has 5 nitrogen and oxygen atoms in total. The summed E-state index contributed by atoms with van der Waals surface area (Å²) in [5.41, 5.74) is 3.94. The van der Waals surface area contributed by atoms with Crippen molar-refractivity contribution in [2.45, 2.75) is 31.8 Å². The molecule has 4 rings (SSSR count). The Morgan fingerprint density at radius 2 is 1.30 bits per heavy atom. The van der Waals surface area contributed by atoms with Crippen molar-refractivity contribution in [1.82, 2.24) is 4.90 Å². The van der Waals surface area contributed by atoms with Gasteiger partial charge < -0.3 is 4.90 Å². The van der Waals surface area contributed by atoms with Crippen molar-refractivity contribution < 1.29 is 13.2 Å². The van der Waals surface area contributed by atoms with Gasteiger partial charge in [-0.25, -0.2) is 8.42 Å². The topological polar surface area (TPSA) is 57.7 Å². The molecule has 7 heteroatoms. The summed E-state index contributed by atoms with van der Waals surface area (Å²) in [6.45, 7) is 4.04. The van der Waals surface area contributed by atoms with Crippen LogP contribution in [-0.2, 0) is 27.9 Å². The van der Waals surface area contributed by atoms with Crippen LogP contribution in [0.5, 0.6) is 0 Å². The molecule has 0 aliphatic carbocycles. The minimum Gasteiger partial charge on any atom is -0.332 e. The third-order valence-corrected chi connectivity index (χ3v) is 8.11. The van der Waals surface area contributed by atoms with E-state index in [9.17, 15) is 13.2 Å². The van der Waals surface area contributed by atoms with Crippen molar-refractivity contribution in [3.05, 3.63) is 130 Å². The molecule has 0 aliphatic heterocycles. The highest BCUT2D eigenvalue weighted by molar-refractivity contribution is 7.92. The minimum absolute atomic E-state index is 0.123. The van der Waals surface area contributed by atoms with Crippen LogP contribution in [0.3, 0.4) is 0 Å². The Kier molecular flexibility index (Phi) is 8.31. The molecule has 0 saturated carbocycles. The maximum atomic E-state index is 13.9. The van der Waals surface area contributed by atoms with Crippen molar-refractivity contribution in [2.24, 2.45) is 0 Å². The number of hydrogen-bond donors (Lipinski definition) is 0. The lowest BCUT2D eigenvalue weighted by atomic mass is 10.1. The molecule has 4 aromatic carbocycles. The van der Waals surface area contributed by atoms with Crippen molar-refractivity contribution in [3.63, 3.8) is 0 Å². The highest BCUT2D eigenvalue weighted by Gasteiger charge is 2.30. The van der Waals surface area contributed by atoms with Gasteiger partial charge in [0.1, 0.15) is 6.54 Å². The third-order valence-electron chi connectivity index (χ3n) is 6.10. The van der Waals surface area contributed by atoms with Crippen LogP contribution in [0.2, 0.25) is 5.02 Å². The summed E-state index contributed by atoms with van der Waals surface area (Å²) >= 11 is 6.16. The summed E-state index contributed by atoms with van der Waals surface area (Å²) in [7, 11) is -4.04. The molecule has 0 saturated heterocycles. The molecule has 0 radical (unpaired) electrons. The van der Waals surface area contributed by atoms with E-state index < -0.39 is 10.0 Å². The quantitative estimate of drug-likeness (QED) is 0.251. The summed E-state index contributed by atoms with van der Waals surface area (Å²) in [5, 5.41) is 0.495. The molecule has 0 heterocycles. The van der Waals surface area contributed by atoms with E-state index >= 15 is 0 Å². The molecule has 190 valence electrons. The number of hydrogen-bond acceptors (Lipinski definition) is 3. The summed E-state index contributed by atoms with van der Waals surface area (Å²) in [6.07, 6.45) is 0. The van der Waals surface area contributed by atoms with E-state index in [1.54, 1.807) is 54.3 Å². The van der Waals surface area contributed by atoms with E-state index in [1.165, 1.54) is 4.31 Å². The van der Waals surface area contributed by atoms with Crippen LogP contribution in [0.15, 0.2) is 108 Å². The van der Waals surface area contributed by atoms with Gasteiger partial charge in [-0.05, 0) is 60.9 Å². The molecule has 4 aromatic rings. The zero-order valence-electron chi connectivity index (χ0n) is 20.8. The molecule has 0 bridgehead atoms. The van der Waals surface area contributed by atoms with Gasteiger partial charge in [0, 0.05) is 18.1 Å². The van der Waals surface area contributed by atoms with E-state index in [2.05, 4.69) is 0 Å². The first kappa shape index (κ1) is 26.5. The molecule has 0 fully saturated rings. The molecule has 0 aromatic heterocycles. The van der Waals surface area contributed by atoms with E-state index in [1.807, 2.05) is 67.6 Å². The van der Waals surface area contributed by atoms with Gasteiger partial charge >= 0.3 is 0 Å². The Bertz CT molecular complexity index is 1420. The SMILES string of the molecule is Cc1ccc(S(=O)(=O)N(CC(=O)N(Cc2ccccc2)Cc2ccccc2)c2ccc(Cl)cc2C)cc1. The summed E-state index contributed by atoms with van der Waals surface area (Å²) < 4.78 is 28.9. The van der Waals surface area contributed by atoms with Gasteiger partial charge in [0.2, 0.25) is 5.91 Å². The first-order chi connectivity index (χ1) is 17.7. The highest BCUT2D eigenvalue weighted by Crippen LogP contribution is 2.29. The first-order valence-corrected chi connectivity index (χ1v) is 13.8. The fourth-order valence-corrected chi connectivity index (χ4v) is 5.80. The number of nitrogens with zero attached hydrogens (tertiary/aromatic N) is 2. The van der Waals surface area contributed by atoms with Crippen molar-refractivity contribution in [1.29, 1.82) is 0 Å².